The van der Waals surface area contributed by atoms with Crippen LogP contribution in [0.1, 0.15) is 43.2 Å². The Kier molecular flexibility index (Phi) is 10.4. The number of halogens is 3. The summed E-state index contributed by atoms with van der Waals surface area (Å²) in [4.78, 5) is 36.4. The van der Waals surface area contributed by atoms with Crippen molar-refractivity contribution in [3.63, 3.8) is 0 Å². The van der Waals surface area contributed by atoms with E-state index in [1.165, 1.54) is 0 Å². The van der Waals surface area contributed by atoms with Crippen LogP contribution in [0, 0.1) is 11.6 Å². The first-order valence-corrected chi connectivity index (χ1v) is 12.7. The number of ketones is 1. The zero-order valence-electron chi connectivity index (χ0n) is 19.8. The van der Waals surface area contributed by atoms with Crippen LogP contribution in [0.2, 0.25) is 0 Å². The molecule has 1 aliphatic rings. The molecule has 1 unspecified atom stereocenters. The lowest BCUT2D eigenvalue weighted by molar-refractivity contribution is -0.128. The van der Waals surface area contributed by atoms with E-state index in [9.17, 15) is 23.2 Å². The lowest BCUT2D eigenvalue weighted by Crippen LogP contribution is -2.44. The maximum atomic E-state index is 13.7. The van der Waals surface area contributed by atoms with E-state index < -0.39 is 35.9 Å². The van der Waals surface area contributed by atoms with Crippen LogP contribution in [0.4, 0.5) is 13.6 Å². The van der Waals surface area contributed by atoms with Crippen molar-refractivity contribution in [3.8, 4) is 0 Å². The number of rotatable bonds is 13. The van der Waals surface area contributed by atoms with E-state index >= 15 is 0 Å². The summed E-state index contributed by atoms with van der Waals surface area (Å²) in [6.07, 6.45) is 1.44. The lowest BCUT2D eigenvalue weighted by atomic mass is 9.99. The van der Waals surface area contributed by atoms with Gasteiger partial charge >= 0.3 is 6.09 Å². The molecule has 3 atom stereocenters. The van der Waals surface area contributed by atoms with Crippen molar-refractivity contribution in [3.05, 3.63) is 69.7 Å². The number of benzene rings is 2. The molecular formula is C26H30BrF2N3O4. The molecule has 1 fully saturated rings. The number of nitrogens with two attached hydrogens (primary N) is 1. The third-order valence-electron chi connectivity index (χ3n) is 5.94. The highest BCUT2D eigenvalue weighted by Crippen LogP contribution is 2.17. The molecule has 1 heterocycles. The maximum absolute atomic E-state index is 13.7. The van der Waals surface area contributed by atoms with Gasteiger partial charge in [-0.3, -0.25) is 9.59 Å². The number of ether oxygens (including phenoxy) is 1. The number of cyclic esters (lactones) is 1. The monoisotopic (exact) mass is 565 g/mol. The summed E-state index contributed by atoms with van der Waals surface area (Å²) in [5.74, 6) is -1.48. The summed E-state index contributed by atoms with van der Waals surface area (Å²) in [5, 5.41) is 5.48. The second-order valence-corrected chi connectivity index (χ2v) is 9.87. The summed E-state index contributed by atoms with van der Waals surface area (Å²) in [5.41, 5.74) is 7.08. The number of alkyl carbamates (subject to hydrolysis) is 1. The summed E-state index contributed by atoms with van der Waals surface area (Å²) in [7, 11) is 0. The van der Waals surface area contributed by atoms with Crippen molar-refractivity contribution in [1.29, 1.82) is 0 Å². The second kappa shape index (κ2) is 13.5. The van der Waals surface area contributed by atoms with Gasteiger partial charge in [-0.25, -0.2) is 13.6 Å². The van der Waals surface area contributed by atoms with Crippen molar-refractivity contribution >= 4 is 33.7 Å². The van der Waals surface area contributed by atoms with Gasteiger partial charge < -0.3 is 21.1 Å². The molecular weight excluding hydrogens is 536 g/mol. The lowest BCUT2D eigenvalue weighted by Gasteiger charge is -2.17. The number of unbranched alkanes of at least 4 members (excludes halogenated alkanes) is 2. The molecule has 0 saturated carbocycles. The first kappa shape index (κ1) is 27.7. The minimum atomic E-state index is -0.910. The van der Waals surface area contributed by atoms with E-state index in [-0.39, 0.29) is 30.1 Å². The molecule has 0 bridgehead atoms. The SMILES string of the molecule is NC(CC(=O)CCCCCNC(=O)[C@H]1OC(=O)N[C@@H]1Cc1ccc(Br)cc1)Cc1cc(F)ccc1F. The molecule has 1 saturated heterocycles. The van der Waals surface area contributed by atoms with Crippen molar-refractivity contribution in [2.75, 3.05) is 6.54 Å². The van der Waals surface area contributed by atoms with Crippen molar-refractivity contribution in [2.24, 2.45) is 5.73 Å². The number of carbonyl (C=O) groups excluding carboxylic acids is 3. The highest BCUT2D eigenvalue weighted by Gasteiger charge is 2.39. The zero-order valence-corrected chi connectivity index (χ0v) is 21.4. The van der Waals surface area contributed by atoms with Crippen LogP contribution in [0.15, 0.2) is 46.9 Å². The average Bonchev–Trinajstić information content (AvgIpc) is 3.19. The van der Waals surface area contributed by atoms with Crippen LogP contribution >= 0.6 is 15.9 Å². The average molecular weight is 566 g/mol. The van der Waals surface area contributed by atoms with Crippen molar-refractivity contribution in [1.82, 2.24) is 10.6 Å². The van der Waals surface area contributed by atoms with Gasteiger partial charge in [-0.1, -0.05) is 34.5 Å². The van der Waals surface area contributed by atoms with Gasteiger partial charge in [0.2, 0.25) is 6.10 Å². The van der Waals surface area contributed by atoms with E-state index in [4.69, 9.17) is 10.5 Å². The summed E-state index contributed by atoms with van der Waals surface area (Å²) >= 11 is 3.38. The Labute approximate surface area is 217 Å². The molecule has 0 aromatic heterocycles. The Hall–Kier alpha value is -2.85. The fourth-order valence-electron chi connectivity index (χ4n) is 4.11. The van der Waals surface area contributed by atoms with Gasteiger partial charge in [-0.05, 0) is 67.1 Å². The van der Waals surface area contributed by atoms with E-state index in [1.807, 2.05) is 24.3 Å². The van der Waals surface area contributed by atoms with Crippen LogP contribution in [-0.2, 0) is 27.2 Å². The molecule has 0 spiro atoms. The van der Waals surface area contributed by atoms with Gasteiger partial charge in [0.05, 0.1) is 6.04 Å². The van der Waals surface area contributed by atoms with Crippen molar-refractivity contribution in [2.45, 2.75) is 63.1 Å². The first-order valence-electron chi connectivity index (χ1n) is 11.9. The number of hydrogen-bond acceptors (Lipinski definition) is 5. The number of hydrogen-bond donors (Lipinski definition) is 3. The predicted molar refractivity (Wildman–Crippen MR) is 134 cm³/mol. The summed E-state index contributed by atoms with van der Waals surface area (Å²) in [6, 6.07) is 9.76. The Balaban J connectivity index is 1.31. The third-order valence-corrected chi connectivity index (χ3v) is 6.47. The number of nitrogens with one attached hydrogen (secondary N) is 2. The molecule has 7 nitrogen and oxygen atoms in total. The molecule has 3 rings (SSSR count). The first-order chi connectivity index (χ1) is 17.2. The predicted octanol–water partition coefficient (Wildman–Crippen LogP) is 3.95. The van der Waals surface area contributed by atoms with E-state index in [1.54, 1.807) is 0 Å². The van der Waals surface area contributed by atoms with E-state index in [0.717, 1.165) is 28.2 Å². The molecule has 2 aromatic carbocycles. The fourth-order valence-corrected chi connectivity index (χ4v) is 4.38. The van der Waals surface area contributed by atoms with Gasteiger partial charge in [0.25, 0.3) is 5.91 Å². The normalized spacial score (nSPS) is 17.8. The minimum absolute atomic E-state index is 0.0388. The molecule has 2 amide bonds. The summed E-state index contributed by atoms with van der Waals surface area (Å²) in [6.45, 7) is 0.393. The number of carbonyl (C=O) groups is 3. The van der Waals surface area contributed by atoms with Gasteiger partial charge in [0, 0.05) is 29.9 Å². The fraction of sp³-hybridized carbons (Fsp3) is 0.423. The molecule has 2 aromatic rings. The Morgan fingerprint density at radius 3 is 2.61 bits per heavy atom. The van der Waals surface area contributed by atoms with Crippen LogP contribution < -0.4 is 16.4 Å². The smallest absolute Gasteiger partial charge is 0.408 e. The van der Waals surface area contributed by atoms with Crippen LogP contribution in [0.25, 0.3) is 0 Å². The standard InChI is InChI=1S/C26H30BrF2N3O4/c27-18-7-5-16(6-8-18)12-23-24(36-26(35)32-23)25(34)31-11-3-1-2-4-21(33)15-20(30)14-17-13-19(28)9-10-22(17)29/h5-10,13,20,23-24H,1-4,11-12,14-15,30H2,(H,31,34)(H,32,35)/t20?,23-,24+/m1/s1. The number of amides is 2. The Morgan fingerprint density at radius 2 is 1.86 bits per heavy atom. The molecule has 0 aliphatic carbocycles. The highest BCUT2D eigenvalue weighted by molar-refractivity contribution is 9.10. The van der Waals surface area contributed by atoms with Crippen LogP contribution in [0.5, 0.6) is 0 Å². The maximum Gasteiger partial charge on any atom is 0.408 e. The van der Waals surface area contributed by atoms with Gasteiger partial charge in [-0.2, -0.15) is 0 Å². The van der Waals surface area contributed by atoms with Gasteiger partial charge in [0.15, 0.2) is 0 Å². The summed E-state index contributed by atoms with van der Waals surface area (Å²) < 4.78 is 33.1. The van der Waals surface area contributed by atoms with Crippen LogP contribution in [0.3, 0.4) is 0 Å². The molecule has 1 aliphatic heterocycles. The topological polar surface area (TPSA) is 111 Å². The Bertz CT molecular complexity index is 1070. The Morgan fingerprint density at radius 1 is 1.11 bits per heavy atom. The highest BCUT2D eigenvalue weighted by atomic mass is 79.9. The quantitative estimate of drug-likeness (QED) is 0.318. The molecule has 194 valence electrons. The zero-order chi connectivity index (χ0) is 26.1. The second-order valence-electron chi connectivity index (χ2n) is 8.95. The third kappa shape index (κ3) is 8.67. The largest absolute Gasteiger partial charge is 0.434 e. The minimum Gasteiger partial charge on any atom is -0.434 e. The van der Waals surface area contributed by atoms with E-state index in [2.05, 4.69) is 26.6 Å². The molecule has 0 radical (unpaired) electrons. The van der Waals surface area contributed by atoms with Crippen molar-refractivity contribution < 1.29 is 27.9 Å². The molecule has 36 heavy (non-hydrogen) atoms. The molecule has 10 heteroatoms. The van der Waals surface area contributed by atoms with Gasteiger partial charge in [0.1, 0.15) is 17.4 Å². The number of Topliss-reactive ketones (excluding diaryl/α,β-unsaturated/α-hetero) is 1. The van der Waals surface area contributed by atoms with E-state index in [0.29, 0.717) is 38.6 Å². The van der Waals surface area contributed by atoms with Gasteiger partial charge in [-0.15, -0.1) is 0 Å². The molecule has 4 N–H and O–H groups in total. The van der Waals surface area contributed by atoms with Crippen LogP contribution in [-0.4, -0.2) is 42.5 Å².